The van der Waals surface area contributed by atoms with Gasteiger partial charge >= 0.3 is 0 Å². The summed E-state index contributed by atoms with van der Waals surface area (Å²) in [4.78, 5) is 11.2. The van der Waals surface area contributed by atoms with Gasteiger partial charge in [-0.1, -0.05) is 35.3 Å². The van der Waals surface area contributed by atoms with E-state index in [0.717, 1.165) is 53.8 Å². The van der Waals surface area contributed by atoms with E-state index in [-0.39, 0.29) is 12.5 Å². The van der Waals surface area contributed by atoms with Crippen LogP contribution < -0.4 is 4.90 Å². The van der Waals surface area contributed by atoms with E-state index >= 15 is 0 Å². The highest BCUT2D eigenvalue weighted by Gasteiger charge is 2.22. The van der Waals surface area contributed by atoms with Crippen LogP contribution in [0, 0.1) is 5.92 Å². The van der Waals surface area contributed by atoms with Gasteiger partial charge in [-0.05, 0) is 48.6 Å². The lowest BCUT2D eigenvalue weighted by molar-refractivity contribution is 0.208. The minimum atomic E-state index is 0.210. The molecule has 1 saturated heterocycles. The van der Waals surface area contributed by atoms with Crippen molar-refractivity contribution in [1.82, 2.24) is 9.97 Å². The zero-order valence-electron chi connectivity index (χ0n) is 14.2. The summed E-state index contributed by atoms with van der Waals surface area (Å²) in [6.07, 6.45) is 3.69. The largest absolute Gasteiger partial charge is 0.396 e. The number of rotatable bonds is 3. The van der Waals surface area contributed by atoms with Gasteiger partial charge in [0, 0.05) is 35.7 Å². The molecule has 4 nitrogen and oxygen atoms in total. The summed E-state index contributed by atoms with van der Waals surface area (Å²) < 4.78 is 0. The lowest BCUT2D eigenvalue weighted by Crippen LogP contribution is -2.37. The fourth-order valence-electron chi connectivity index (χ4n) is 3.57. The van der Waals surface area contributed by atoms with Crippen molar-refractivity contribution in [2.24, 2.45) is 5.92 Å². The molecule has 0 spiro atoms. The van der Waals surface area contributed by atoms with Gasteiger partial charge in [-0.3, -0.25) is 0 Å². The Bertz CT molecular complexity index is 930. The van der Waals surface area contributed by atoms with Crippen molar-refractivity contribution in [2.75, 3.05) is 24.6 Å². The van der Waals surface area contributed by atoms with Gasteiger partial charge in [0.1, 0.15) is 12.1 Å². The minimum absolute atomic E-state index is 0.210. The molecule has 0 saturated carbocycles. The summed E-state index contributed by atoms with van der Waals surface area (Å²) >= 11 is 12.5. The highest BCUT2D eigenvalue weighted by Crippen LogP contribution is 2.35. The first-order valence-corrected chi connectivity index (χ1v) is 9.47. The average molecular weight is 388 g/mol. The van der Waals surface area contributed by atoms with E-state index in [2.05, 4.69) is 20.9 Å². The second-order valence-corrected chi connectivity index (χ2v) is 7.53. The molecular weight excluding hydrogens is 369 g/mol. The molecule has 0 bridgehead atoms. The Hall–Kier alpha value is -1.88. The molecule has 0 unspecified atom stereocenters. The third kappa shape index (κ3) is 3.37. The van der Waals surface area contributed by atoms with Crippen LogP contribution in [0.15, 0.2) is 42.7 Å². The fraction of sp³-hybridized carbons (Fsp3) is 0.300. The number of halogens is 2. The standard InChI is InChI=1S/C20H19Cl2N3O/c21-15-5-3-14(4-6-15)16-8-17-19(9-18(16)22)23-12-24-20(17)25-7-1-2-13(10-25)11-26/h3-6,8-9,12-13,26H,1-2,7,10-11H2/t13-/m0/s1. The number of hydrogen-bond acceptors (Lipinski definition) is 4. The molecule has 1 N–H and O–H groups in total. The summed E-state index contributed by atoms with van der Waals surface area (Å²) in [6.45, 7) is 1.95. The maximum Gasteiger partial charge on any atom is 0.139 e. The molecule has 26 heavy (non-hydrogen) atoms. The average Bonchev–Trinajstić information content (AvgIpc) is 2.68. The van der Waals surface area contributed by atoms with Gasteiger partial charge in [0.25, 0.3) is 0 Å². The van der Waals surface area contributed by atoms with Gasteiger partial charge in [-0.25, -0.2) is 9.97 Å². The Kier molecular flexibility index (Phi) is 4.98. The predicted octanol–water partition coefficient (Wildman–Crippen LogP) is 4.81. The molecule has 134 valence electrons. The Balaban J connectivity index is 1.82. The number of anilines is 1. The van der Waals surface area contributed by atoms with E-state index in [0.29, 0.717) is 10.0 Å². The number of hydrogen-bond donors (Lipinski definition) is 1. The first kappa shape index (κ1) is 17.5. The highest BCUT2D eigenvalue weighted by molar-refractivity contribution is 6.34. The van der Waals surface area contributed by atoms with E-state index < -0.39 is 0 Å². The molecule has 1 aliphatic heterocycles. The summed E-state index contributed by atoms with van der Waals surface area (Å²) in [7, 11) is 0. The van der Waals surface area contributed by atoms with Crippen molar-refractivity contribution >= 4 is 39.9 Å². The Morgan fingerprint density at radius 3 is 2.69 bits per heavy atom. The molecule has 0 amide bonds. The topological polar surface area (TPSA) is 49.2 Å². The minimum Gasteiger partial charge on any atom is -0.396 e. The van der Waals surface area contributed by atoms with Crippen molar-refractivity contribution in [3.05, 3.63) is 52.8 Å². The number of benzene rings is 2. The van der Waals surface area contributed by atoms with Crippen molar-refractivity contribution in [2.45, 2.75) is 12.8 Å². The third-order valence-corrected chi connectivity index (χ3v) is 5.50. The SMILES string of the molecule is OC[C@H]1CCCN(c2ncnc3cc(Cl)c(-c4ccc(Cl)cc4)cc23)C1. The van der Waals surface area contributed by atoms with Crippen LogP contribution in [0.3, 0.4) is 0 Å². The zero-order valence-corrected chi connectivity index (χ0v) is 15.7. The van der Waals surface area contributed by atoms with E-state index in [1.165, 1.54) is 0 Å². The summed E-state index contributed by atoms with van der Waals surface area (Å²) in [5, 5.41) is 11.8. The van der Waals surface area contributed by atoms with Crippen molar-refractivity contribution < 1.29 is 5.11 Å². The molecular formula is C20H19Cl2N3O. The van der Waals surface area contributed by atoms with Crippen LogP contribution in [0.2, 0.25) is 10.0 Å². The molecule has 1 aromatic heterocycles. The lowest BCUT2D eigenvalue weighted by Gasteiger charge is -2.33. The summed E-state index contributed by atoms with van der Waals surface area (Å²) in [5.41, 5.74) is 2.76. The second-order valence-electron chi connectivity index (χ2n) is 6.69. The maximum atomic E-state index is 9.53. The molecule has 3 aromatic rings. The summed E-state index contributed by atoms with van der Waals surface area (Å²) in [5.74, 6) is 1.19. The molecule has 1 fully saturated rings. The van der Waals surface area contributed by atoms with Gasteiger partial charge in [0.2, 0.25) is 0 Å². The number of aliphatic hydroxyl groups excluding tert-OH is 1. The van der Waals surface area contributed by atoms with Crippen molar-refractivity contribution in [3.63, 3.8) is 0 Å². The second kappa shape index (κ2) is 7.39. The van der Waals surface area contributed by atoms with Gasteiger partial charge in [0.15, 0.2) is 0 Å². The number of nitrogens with zero attached hydrogens (tertiary/aromatic N) is 3. The zero-order chi connectivity index (χ0) is 18.1. The van der Waals surface area contributed by atoms with E-state index in [1.807, 2.05) is 30.3 Å². The van der Waals surface area contributed by atoms with Crippen LogP contribution in [0.4, 0.5) is 5.82 Å². The van der Waals surface area contributed by atoms with Gasteiger partial charge in [-0.15, -0.1) is 0 Å². The fourth-order valence-corrected chi connectivity index (χ4v) is 3.97. The number of aliphatic hydroxyl groups is 1. The van der Waals surface area contributed by atoms with Gasteiger partial charge in [0.05, 0.1) is 10.5 Å². The Morgan fingerprint density at radius 1 is 1.12 bits per heavy atom. The smallest absolute Gasteiger partial charge is 0.139 e. The third-order valence-electron chi connectivity index (χ3n) is 4.94. The van der Waals surface area contributed by atoms with Gasteiger partial charge < -0.3 is 10.0 Å². The van der Waals surface area contributed by atoms with Crippen molar-refractivity contribution in [1.29, 1.82) is 0 Å². The normalized spacial score (nSPS) is 17.7. The molecule has 0 radical (unpaired) electrons. The predicted molar refractivity (Wildman–Crippen MR) is 107 cm³/mol. The van der Waals surface area contributed by atoms with Gasteiger partial charge in [-0.2, -0.15) is 0 Å². The van der Waals surface area contributed by atoms with Crippen LogP contribution in [0.25, 0.3) is 22.0 Å². The molecule has 1 atom stereocenters. The number of fused-ring (bicyclic) bond motifs is 1. The number of piperidine rings is 1. The van der Waals surface area contributed by atoms with Crippen LogP contribution in [-0.2, 0) is 0 Å². The van der Waals surface area contributed by atoms with E-state index in [9.17, 15) is 5.11 Å². The molecule has 2 aromatic carbocycles. The molecule has 2 heterocycles. The number of aromatic nitrogens is 2. The lowest BCUT2D eigenvalue weighted by atomic mass is 9.98. The Morgan fingerprint density at radius 2 is 1.92 bits per heavy atom. The molecule has 6 heteroatoms. The van der Waals surface area contributed by atoms with Crippen LogP contribution in [0.1, 0.15) is 12.8 Å². The highest BCUT2D eigenvalue weighted by atomic mass is 35.5. The monoisotopic (exact) mass is 387 g/mol. The Labute approximate surface area is 162 Å². The molecule has 1 aliphatic rings. The van der Waals surface area contributed by atoms with Crippen molar-refractivity contribution in [3.8, 4) is 11.1 Å². The molecule has 0 aliphatic carbocycles. The molecule has 4 rings (SSSR count). The first-order chi connectivity index (χ1) is 12.7. The van der Waals surface area contributed by atoms with Crippen LogP contribution >= 0.6 is 23.2 Å². The van der Waals surface area contributed by atoms with E-state index in [1.54, 1.807) is 6.33 Å². The first-order valence-electron chi connectivity index (χ1n) is 8.71. The van der Waals surface area contributed by atoms with E-state index in [4.69, 9.17) is 23.2 Å². The summed E-state index contributed by atoms with van der Waals surface area (Å²) in [6, 6.07) is 11.6. The quantitative estimate of drug-likeness (QED) is 0.700. The van der Waals surface area contributed by atoms with Crippen LogP contribution in [0.5, 0.6) is 0 Å². The van der Waals surface area contributed by atoms with Crippen LogP contribution in [-0.4, -0.2) is 34.8 Å². The maximum absolute atomic E-state index is 9.53.